The van der Waals surface area contributed by atoms with Crippen molar-refractivity contribution in [3.63, 3.8) is 0 Å². The Morgan fingerprint density at radius 3 is 2.73 bits per heavy atom. The fourth-order valence-corrected chi connectivity index (χ4v) is 4.77. The van der Waals surface area contributed by atoms with Gasteiger partial charge in [-0.1, -0.05) is 27.7 Å². The predicted octanol–water partition coefficient (Wildman–Crippen LogP) is 3.12. The normalized spacial score (nSPS) is 14.0. The van der Waals surface area contributed by atoms with Gasteiger partial charge in [0, 0.05) is 30.2 Å². The van der Waals surface area contributed by atoms with Crippen molar-refractivity contribution < 1.29 is 4.79 Å². The van der Waals surface area contributed by atoms with Gasteiger partial charge in [-0.3, -0.25) is 19.1 Å². The van der Waals surface area contributed by atoms with E-state index in [2.05, 4.69) is 16.0 Å². The van der Waals surface area contributed by atoms with Crippen molar-refractivity contribution in [1.29, 1.82) is 0 Å². The van der Waals surface area contributed by atoms with Gasteiger partial charge >= 0.3 is 5.69 Å². The first-order chi connectivity index (χ1) is 14.3. The third kappa shape index (κ3) is 3.60. The van der Waals surface area contributed by atoms with E-state index in [1.54, 1.807) is 22.3 Å². The molecule has 1 N–H and O–H groups in total. The number of pyridine rings is 1. The van der Waals surface area contributed by atoms with E-state index in [1.807, 2.05) is 33.1 Å². The van der Waals surface area contributed by atoms with Crippen molar-refractivity contribution in [1.82, 2.24) is 19.4 Å². The Balaban J connectivity index is 1.91. The fourth-order valence-electron chi connectivity index (χ4n) is 3.88. The molecule has 1 aliphatic rings. The summed E-state index contributed by atoms with van der Waals surface area (Å²) < 4.78 is 1.48. The summed E-state index contributed by atoms with van der Waals surface area (Å²) >= 11 is 1.71. The van der Waals surface area contributed by atoms with Gasteiger partial charge in [0.25, 0.3) is 11.5 Å². The van der Waals surface area contributed by atoms with Crippen LogP contribution in [0.25, 0.3) is 11.0 Å². The van der Waals surface area contributed by atoms with Gasteiger partial charge in [0.15, 0.2) is 5.65 Å². The third-order valence-corrected chi connectivity index (χ3v) is 6.46. The molecule has 4 rings (SSSR count). The van der Waals surface area contributed by atoms with Crippen molar-refractivity contribution in [2.45, 2.75) is 53.1 Å². The Morgan fingerprint density at radius 1 is 1.27 bits per heavy atom. The summed E-state index contributed by atoms with van der Waals surface area (Å²) in [4.78, 5) is 49.0. The number of nitrogens with zero attached hydrogens (tertiary/aromatic N) is 3. The minimum absolute atomic E-state index is 0.0488. The Labute approximate surface area is 178 Å². The molecular formula is C22H26N4O3S. The Bertz CT molecular complexity index is 1240. The molecule has 0 unspecified atom stereocenters. The van der Waals surface area contributed by atoms with Crippen LogP contribution in [0.3, 0.4) is 0 Å². The molecule has 8 heteroatoms. The molecule has 0 radical (unpaired) electrons. The van der Waals surface area contributed by atoms with Crippen LogP contribution in [0.4, 0.5) is 0 Å². The highest BCUT2D eigenvalue weighted by molar-refractivity contribution is 7.10. The second kappa shape index (κ2) is 7.83. The lowest BCUT2D eigenvalue weighted by atomic mass is 10.0. The molecule has 0 saturated heterocycles. The number of H-pyrrole nitrogens is 1. The van der Waals surface area contributed by atoms with Crippen molar-refractivity contribution in [2.24, 2.45) is 5.92 Å². The van der Waals surface area contributed by atoms with E-state index in [0.717, 1.165) is 12.0 Å². The first-order valence-corrected chi connectivity index (χ1v) is 11.2. The van der Waals surface area contributed by atoms with E-state index in [9.17, 15) is 14.4 Å². The highest BCUT2D eigenvalue weighted by atomic mass is 32.1. The van der Waals surface area contributed by atoms with E-state index in [0.29, 0.717) is 36.5 Å². The number of thiophene rings is 1. The standard InChI is InChI=1S/C22H26N4O3S/c1-12(2)10-26-19-18(20(27)24-22(26)29)15(9-16(23-19)13(3)4)21(28)25-7-5-17-14(11-25)6-8-30-17/h6,8-9,12-13H,5,7,10-11H2,1-4H3,(H,24,27,29). The van der Waals surface area contributed by atoms with Gasteiger partial charge in [-0.25, -0.2) is 9.78 Å². The average molecular weight is 427 g/mol. The molecule has 0 saturated carbocycles. The zero-order valence-electron chi connectivity index (χ0n) is 17.7. The first-order valence-electron chi connectivity index (χ1n) is 10.3. The smallest absolute Gasteiger partial charge is 0.330 e. The highest BCUT2D eigenvalue weighted by Crippen LogP contribution is 2.27. The quantitative estimate of drug-likeness (QED) is 0.694. The van der Waals surface area contributed by atoms with Crippen molar-refractivity contribution in [3.8, 4) is 0 Å². The molecule has 1 aliphatic heterocycles. The lowest BCUT2D eigenvalue weighted by Crippen LogP contribution is -2.38. The molecule has 30 heavy (non-hydrogen) atoms. The predicted molar refractivity (Wildman–Crippen MR) is 118 cm³/mol. The van der Waals surface area contributed by atoms with E-state index in [4.69, 9.17) is 0 Å². The summed E-state index contributed by atoms with van der Waals surface area (Å²) in [6.07, 6.45) is 0.813. The molecule has 0 bridgehead atoms. The zero-order valence-corrected chi connectivity index (χ0v) is 18.5. The van der Waals surface area contributed by atoms with E-state index >= 15 is 0 Å². The maximum atomic E-state index is 13.6. The maximum Gasteiger partial charge on any atom is 0.330 e. The molecule has 0 aliphatic carbocycles. The Morgan fingerprint density at radius 2 is 2.03 bits per heavy atom. The number of nitrogens with one attached hydrogen (secondary N) is 1. The topological polar surface area (TPSA) is 88.1 Å². The largest absolute Gasteiger partial charge is 0.334 e. The number of carbonyl (C=O) groups is 1. The number of aromatic amines is 1. The van der Waals surface area contributed by atoms with Gasteiger partial charge < -0.3 is 4.90 Å². The number of aromatic nitrogens is 3. The monoisotopic (exact) mass is 426 g/mol. The summed E-state index contributed by atoms with van der Waals surface area (Å²) in [7, 11) is 0. The van der Waals surface area contributed by atoms with Crippen LogP contribution in [0.1, 0.15) is 60.1 Å². The lowest BCUT2D eigenvalue weighted by Gasteiger charge is -2.27. The van der Waals surface area contributed by atoms with Crippen molar-refractivity contribution in [3.05, 3.63) is 60.0 Å². The van der Waals surface area contributed by atoms with Gasteiger partial charge in [-0.05, 0) is 41.3 Å². The number of fused-ring (bicyclic) bond motifs is 2. The van der Waals surface area contributed by atoms with Crippen LogP contribution in [0.2, 0.25) is 0 Å². The van der Waals surface area contributed by atoms with Crippen LogP contribution in [0, 0.1) is 5.92 Å². The third-order valence-electron chi connectivity index (χ3n) is 5.43. The van der Waals surface area contributed by atoms with Crippen LogP contribution in [0.5, 0.6) is 0 Å². The minimum Gasteiger partial charge on any atom is -0.334 e. The molecule has 158 valence electrons. The van der Waals surface area contributed by atoms with Gasteiger partial charge in [-0.15, -0.1) is 11.3 Å². The van der Waals surface area contributed by atoms with Crippen LogP contribution in [-0.2, 0) is 19.5 Å². The summed E-state index contributed by atoms with van der Waals surface area (Å²) in [5.41, 5.74) is 1.42. The SMILES string of the molecule is CC(C)Cn1c(=O)[nH]c(=O)c2c(C(=O)N3CCc4sccc4C3)cc(C(C)C)nc21. The molecule has 3 aromatic heterocycles. The number of carbonyl (C=O) groups excluding carboxylic acids is 1. The lowest BCUT2D eigenvalue weighted by molar-refractivity contribution is 0.0737. The van der Waals surface area contributed by atoms with Crippen LogP contribution >= 0.6 is 11.3 Å². The fraction of sp³-hybridized carbons (Fsp3) is 0.455. The Kier molecular flexibility index (Phi) is 5.36. The van der Waals surface area contributed by atoms with E-state index < -0.39 is 11.2 Å². The molecule has 3 aromatic rings. The summed E-state index contributed by atoms with van der Waals surface area (Å²) in [5.74, 6) is 0.0358. The first kappa shape index (κ1) is 20.5. The molecule has 0 aromatic carbocycles. The van der Waals surface area contributed by atoms with Crippen molar-refractivity contribution >= 4 is 28.3 Å². The average Bonchev–Trinajstić information content (AvgIpc) is 3.17. The molecule has 0 spiro atoms. The zero-order chi connectivity index (χ0) is 21.6. The van der Waals surface area contributed by atoms with Gasteiger partial charge in [0.2, 0.25) is 0 Å². The van der Waals surface area contributed by atoms with Crippen LogP contribution in [-0.4, -0.2) is 31.9 Å². The summed E-state index contributed by atoms with van der Waals surface area (Å²) in [5, 5.41) is 2.24. The molecule has 0 atom stereocenters. The molecular weight excluding hydrogens is 400 g/mol. The number of hydrogen-bond acceptors (Lipinski definition) is 5. The van der Waals surface area contributed by atoms with E-state index in [1.165, 1.54) is 9.44 Å². The maximum absolute atomic E-state index is 13.6. The second-order valence-corrected chi connectivity index (χ2v) is 9.56. The number of amides is 1. The van der Waals surface area contributed by atoms with Gasteiger partial charge in [0.05, 0.1) is 10.9 Å². The highest BCUT2D eigenvalue weighted by Gasteiger charge is 2.27. The van der Waals surface area contributed by atoms with Gasteiger partial charge in [0.1, 0.15) is 0 Å². The molecule has 1 amide bonds. The summed E-state index contributed by atoms with van der Waals surface area (Å²) in [6.45, 7) is 9.51. The summed E-state index contributed by atoms with van der Waals surface area (Å²) in [6, 6.07) is 3.77. The van der Waals surface area contributed by atoms with Gasteiger partial charge in [-0.2, -0.15) is 0 Å². The van der Waals surface area contributed by atoms with Crippen molar-refractivity contribution in [2.75, 3.05) is 6.54 Å². The molecule has 7 nitrogen and oxygen atoms in total. The van der Waals surface area contributed by atoms with Crippen LogP contribution in [0.15, 0.2) is 27.1 Å². The minimum atomic E-state index is -0.561. The van der Waals surface area contributed by atoms with Crippen LogP contribution < -0.4 is 11.2 Å². The number of rotatable bonds is 4. The second-order valence-electron chi connectivity index (χ2n) is 8.56. The van der Waals surface area contributed by atoms with E-state index in [-0.39, 0.29) is 23.1 Å². The number of hydrogen-bond donors (Lipinski definition) is 1. The molecule has 0 fully saturated rings. The Hall–Kier alpha value is -2.74. The molecule has 4 heterocycles.